The van der Waals surface area contributed by atoms with Gasteiger partial charge in [0.25, 0.3) is 0 Å². The van der Waals surface area contributed by atoms with E-state index >= 15 is 0 Å². The van der Waals surface area contributed by atoms with Crippen LogP contribution in [0.2, 0.25) is 0 Å². The van der Waals surface area contributed by atoms with Crippen molar-refractivity contribution in [3.05, 3.63) is 29.8 Å². The summed E-state index contributed by atoms with van der Waals surface area (Å²) in [6.45, 7) is 0.00186. The second kappa shape index (κ2) is 5.28. The number of halogens is 3. The molecule has 2 fully saturated rings. The Hall–Kier alpha value is -1.23. The third kappa shape index (κ3) is 3.26. The standard InChI is InChI=1S/C15H18F3NO/c16-15(17,18)11-4-7-14(19-9-11)10-2-1-3-13(8-10)20-12-5-6-12/h1-3,8,11-12,14,19H,4-7,9H2. The zero-order valence-electron chi connectivity index (χ0n) is 11.1. The highest BCUT2D eigenvalue weighted by Gasteiger charge is 2.41. The summed E-state index contributed by atoms with van der Waals surface area (Å²) in [7, 11) is 0. The lowest BCUT2D eigenvalue weighted by atomic mass is 9.90. The molecule has 1 saturated carbocycles. The molecule has 0 spiro atoms. The Bertz CT molecular complexity index is 462. The maximum absolute atomic E-state index is 12.6. The zero-order chi connectivity index (χ0) is 14.2. The maximum Gasteiger partial charge on any atom is 0.393 e. The molecule has 3 rings (SSSR count). The highest BCUT2D eigenvalue weighted by molar-refractivity contribution is 5.31. The first kappa shape index (κ1) is 13.7. The molecule has 0 amide bonds. The SMILES string of the molecule is FC(F)(F)C1CCC(c2cccc(OC3CC3)c2)NC1. The minimum absolute atomic E-state index is 0.00186. The predicted molar refractivity (Wildman–Crippen MR) is 69.6 cm³/mol. The fraction of sp³-hybridized carbons (Fsp3) is 0.600. The molecule has 0 aromatic heterocycles. The van der Waals surface area contributed by atoms with Gasteiger partial charge in [0.05, 0.1) is 12.0 Å². The third-order valence-corrected chi connectivity index (χ3v) is 3.96. The van der Waals surface area contributed by atoms with Crippen LogP contribution in [0.15, 0.2) is 24.3 Å². The predicted octanol–water partition coefficient (Wildman–Crippen LogP) is 3.83. The van der Waals surface area contributed by atoms with Crippen LogP contribution in [0.5, 0.6) is 5.75 Å². The summed E-state index contributed by atoms with van der Waals surface area (Å²) in [5.41, 5.74) is 1.02. The zero-order valence-corrected chi connectivity index (χ0v) is 11.1. The quantitative estimate of drug-likeness (QED) is 0.911. The summed E-state index contributed by atoms with van der Waals surface area (Å²) in [5, 5.41) is 3.01. The topological polar surface area (TPSA) is 21.3 Å². The van der Waals surface area contributed by atoms with Crippen molar-refractivity contribution in [2.24, 2.45) is 5.92 Å². The fourth-order valence-electron chi connectivity index (χ4n) is 2.60. The van der Waals surface area contributed by atoms with Crippen LogP contribution in [0, 0.1) is 5.92 Å². The third-order valence-electron chi connectivity index (χ3n) is 3.96. The van der Waals surface area contributed by atoms with Crippen molar-refractivity contribution in [3.63, 3.8) is 0 Å². The lowest BCUT2D eigenvalue weighted by molar-refractivity contribution is -0.179. The van der Waals surface area contributed by atoms with E-state index in [1.54, 1.807) is 0 Å². The average Bonchev–Trinajstić information content (AvgIpc) is 3.22. The average molecular weight is 285 g/mol. The van der Waals surface area contributed by atoms with Crippen molar-refractivity contribution in [3.8, 4) is 5.75 Å². The van der Waals surface area contributed by atoms with Crippen LogP contribution in [0.25, 0.3) is 0 Å². The Morgan fingerprint density at radius 2 is 1.90 bits per heavy atom. The van der Waals surface area contributed by atoms with Gasteiger partial charge in [0, 0.05) is 12.6 Å². The van der Waals surface area contributed by atoms with E-state index in [9.17, 15) is 13.2 Å². The highest BCUT2D eigenvalue weighted by Crippen LogP contribution is 2.36. The van der Waals surface area contributed by atoms with Crippen LogP contribution in [0.4, 0.5) is 13.2 Å². The van der Waals surface area contributed by atoms with Gasteiger partial charge in [-0.25, -0.2) is 0 Å². The van der Waals surface area contributed by atoms with Crippen LogP contribution in [0.3, 0.4) is 0 Å². The van der Waals surface area contributed by atoms with E-state index in [4.69, 9.17) is 4.74 Å². The van der Waals surface area contributed by atoms with Crippen molar-refractivity contribution in [1.29, 1.82) is 0 Å². The Kier molecular flexibility index (Phi) is 3.63. The van der Waals surface area contributed by atoms with Gasteiger partial charge in [0.1, 0.15) is 5.75 Å². The van der Waals surface area contributed by atoms with Gasteiger partial charge >= 0.3 is 6.18 Å². The van der Waals surface area contributed by atoms with Crippen molar-refractivity contribution in [2.45, 2.75) is 44.0 Å². The molecule has 0 bridgehead atoms. The molecule has 1 aromatic rings. The van der Waals surface area contributed by atoms with E-state index in [0.29, 0.717) is 12.5 Å². The molecule has 1 aliphatic carbocycles. The largest absolute Gasteiger partial charge is 0.490 e. The van der Waals surface area contributed by atoms with Crippen LogP contribution >= 0.6 is 0 Å². The first-order chi connectivity index (χ1) is 9.52. The van der Waals surface area contributed by atoms with Crippen molar-refractivity contribution in [2.75, 3.05) is 6.54 Å². The molecular weight excluding hydrogens is 267 g/mol. The summed E-state index contributed by atoms with van der Waals surface area (Å²) in [6, 6.07) is 7.71. The molecule has 5 heteroatoms. The van der Waals surface area contributed by atoms with Gasteiger partial charge in [-0.3, -0.25) is 0 Å². The maximum atomic E-state index is 12.6. The lowest BCUT2D eigenvalue weighted by Gasteiger charge is -2.31. The molecule has 1 heterocycles. The van der Waals surface area contributed by atoms with Crippen LogP contribution in [0.1, 0.15) is 37.3 Å². The molecule has 110 valence electrons. The molecule has 1 aliphatic heterocycles. The normalized spacial score (nSPS) is 27.4. The smallest absolute Gasteiger partial charge is 0.393 e. The Balaban J connectivity index is 1.62. The first-order valence-corrected chi connectivity index (χ1v) is 7.09. The van der Waals surface area contributed by atoms with Crippen molar-refractivity contribution < 1.29 is 17.9 Å². The lowest BCUT2D eigenvalue weighted by Crippen LogP contribution is -2.40. The highest BCUT2D eigenvalue weighted by atomic mass is 19.4. The minimum atomic E-state index is -4.09. The van der Waals surface area contributed by atoms with E-state index < -0.39 is 12.1 Å². The van der Waals surface area contributed by atoms with Crippen LogP contribution in [-0.4, -0.2) is 18.8 Å². The van der Waals surface area contributed by atoms with E-state index in [-0.39, 0.29) is 19.0 Å². The van der Waals surface area contributed by atoms with Crippen molar-refractivity contribution >= 4 is 0 Å². The van der Waals surface area contributed by atoms with E-state index in [0.717, 1.165) is 24.2 Å². The summed E-state index contributed by atoms with van der Waals surface area (Å²) in [6.07, 6.45) is -0.863. The first-order valence-electron chi connectivity index (χ1n) is 7.09. The van der Waals surface area contributed by atoms with Crippen LogP contribution < -0.4 is 10.1 Å². The number of benzene rings is 1. The minimum Gasteiger partial charge on any atom is -0.490 e. The Morgan fingerprint density at radius 3 is 2.50 bits per heavy atom. The Morgan fingerprint density at radius 1 is 1.10 bits per heavy atom. The number of hydrogen-bond donors (Lipinski definition) is 1. The van der Waals surface area contributed by atoms with E-state index in [1.807, 2.05) is 24.3 Å². The summed E-state index contributed by atoms with van der Waals surface area (Å²) >= 11 is 0. The number of alkyl halides is 3. The number of nitrogens with one attached hydrogen (secondary N) is 1. The summed E-state index contributed by atoms with van der Waals surface area (Å²) < 4.78 is 43.6. The number of piperidine rings is 1. The number of rotatable bonds is 3. The molecule has 2 aliphatic rings. The molecular formula is C15H18F3NO. The number of ether oxygens (including phenoxy) is 1. The second-order valence-corrected chi connectivity index (χ2v) is 5.67. The van der Waals surface area contributed by atoms with Gasteiger partial charge in [-0.15, -0.1) is 0 Å². The second-order valence-electron chi connectivity index (χ2n) is 5.67. The summed E-state index contributed by atoms with van der Waals surface area (Å²) in [4.78, 5) is 0. The molecule has 1 aromatic carbocycles. The molecule has 2 unspecified atom stereocenters. The monoisotopic (exact) mass is 285 g/mol. The van der Waals surface area contributed by atoms with Crippen molar-refractivity contribution in [1.82, 2.24) is 5.32 Å². The van der Waals surface area contributed by atoms with Gasteiger partial charge in [-0.05, 0) is 43.4 Å². The molecule has 20 heavy (non-hydrogen) atoms. The molecule has 1 saturated heterocycles. The van der Waals surface area contributed by atoms with Gasteiger partial charge in [-0.1, -0.05) is 12.1 Å². The molecule has 2 nitrogen and oxygen atoms in total. The van der Waals surface area contributed by atoms with Gasteiger partial charge < -0.3 is 10.1 Å². The number of hydrogen-bond acceptors (Lipinski definition) is 2. The molecule has 0 radical (unpaired) electrons. The van der Waals surface area contributed by atoms with E-state index in [1.165, 1.54) is 0 Å². The van der Waals surface area contributed by atoms with Gasteiger partial charge in [0.15, 0.2) is 0 Å². The van der Waals surface area contributed by atoms with Gasteiger partial charge in [0.2, 0.25) is 0 Å². The Labute approximate surface area is 116 Å². The van der Waals surface area contributed by atoms with Gasteiger partial charge in [-0.2, -0.15) is 13.2 Å². The molecule has 2 atom stereocenters. The van der Waals surface area contributed by atoms with Crippen LogP contribution in [-0.2, 0) is 0 Å². The summed E-state index contributed by atoms with van der Waals surface area (Å²) in [5.74, 6) is -0.394. The molecule has 1 N–H and O–H groups in total. The fourth-order valence-corrected chi connectivity index (χ4v) is 2.60. The van der Waals surface area contributed by atoms with E-state index in [2.05, 4.69) is 5.32 Å².